The van der Waals surface area contributed by atoms with Crippen LogP contribution in [0.5, 0.6) is 0 Å². The second-order valence-electron chi connectivity index (χ2n) is 6.21. The highest BCUT2D eigenvalue weighted by Gasteiger charge is 2.43. The van der Waals surface area contributed by atoms with Gasteiger partial charge in [0.15, 0.2) is 5.96 Å². The van der Waals surface area contributed by atoms with Crippen LogP contribution in [-0.2, 0) is 4.74 Å². The Kier molecular flexibility index (Phi) is 5.53. The number of fused-ring (bicyclic) bond motifs is 2. The maximum Gasteiger partial charge on any atom is 0.191 e. The van der Waals surface area contributed by atoms with Crippen LogP contribution >= 0.6 is 24.0 Å². The molecule has 5 nitrogen and oxygen atoms in total. The Morgan fingerprint density at radius 3 is 2.70 bits per heavy atom. The third kappa shape index (κ3) is 3.57. The van der Waals surface area contributed by atoms with Crippen molar-refractivity contribution in [3.05, 3.63) is 0 Å². The highest BCUT2D eigenvalue weighted by molar-refractivity contribution is 14.0. The van der Waals surface area contributed by atoms with Crippen LogP contribution in [0.25, 0.3) is 0 Å². The van der Waals surface area contributed by atoms with Crippen LogP contribution in [0.2, 0.25) is 0 Å². The van der Waals surface area contributed by atoms with Gasteiger partial charge < -0.3 is 20.5 Å². The second-order valence-corrected chi connectivity index (χ2v) is 6.21. The summed E-state index contributed by atoms with van der Waals surface area (Å²) in [7, 11) is 0. The Labute approximate surface area is 138 Å². The molecule has 0 aromatic carbocycles. The molecule has 2 saturated heterocycles. The molecule has 1 saturated carbocycles. The predicted octanol–water partition coefficient (Wildman–Crippen LogP) is 1.25. The Hall–Kier alpha value is -0.0800. The first kappa shape index (κ1) is 16.3. The SMILES string of the molecule is CCNC(=NCC1(CO)CC1)NC1CC2CCC1O2.I. The lowest BCUT2D eigenvalue weighted by Gasteiger charge is -2.23. The second kappa shape index (κ2) is 6.79. The highest BCUT2D eigenvalue weighted by atomic mass is 127. The molecule has 2 heterocycles. The number of halogens is 1. The zero-order valence-electron chi connectivity index (χ0n) is 12.1. The van der Waals surface area contributed by atoms with E-state index < -0.39 is 0 Å². The number of hydrogen-bond donors (Lipinski definition) is 3. The number of hydrogen-bond acceptors (Lipinski definition) is 3. The average molecular weight is 395 g/mol. The van der Waals surface area contributed by atoms with Crippen molar-refractivity contribution in [2.45, 2.75) is 57.3 Å². The average Bonchev–Trinajstić information content (AvgIpc) is 2.91. The number of aliphatic hydroxyl groups excluding tert-OH is 1. The zero-order valence-corrected chi connectivity index (χ0v) is 14.4. The molecule has 0 aromatic rings. The van der Waals surface area contributed by atoms with Gasteiger partial charge in [0.2, 0.25) is 0 Å². The molecule has 0 spiro atoms. The Bertz CT molecular complexity index is 360. The van der Waals surface area contributed by atoms with Gasteiger partial charge in [-0.15, -0.1) is 24.0 Å². The number of aliphatic imine (C=N–C) groups is 1. The van der Waals surface area contributed by atoms with E-state index in [1.165, 1.54) is 12.8 Å². The minimum absolute atomic E-state index is 0. The number of guanidine groups is 1. The van der Waals surface area contributed by atoms with Gasteiger partial charge in [0, 0.05) is 12.0 Å². The third-order valence-corrected chi connectivity index (χ3v) is 4.64. The smallest absolute Gasteiger partial charge is 0.191 e. The minimum Gasteiger partial charge on any atom is -0.396 e. The standard InChI is InChI=1S/C14H25N3O2.HI/c1-2-15-13(16-8-14(9-18)5-6-14)17-11-7-10-3-4-12(11)19-10;/h10-12,18H,2-9H2,1H3,(H2,15,16,17);1H. The molecule has 1 aliphatic carbocycles. The fourth-order valence-electron chi connectivity index (χ4n) is 3.08. The van der Waals surface area contributed by atoms with Crippen LogP contribution < -0.4 is 10.6 Å². The number of ether oxygens (including phenoxy) is 1. The molecule has 20 heavy (non-hydrogen) atoms. The van der Waals surface area contributed by atoms with Crippen molar-refractivity contribution >= 4 is 29.9 Å². The van der Waals surface area contributed by atoms with E-state index in [4.69, 9.17) is 4.74 Å². The molecule has 3 N–H and O–H groups in total. The van der Waals surface area contributed by atoms with Gasteiger partial charge in [-0.1, -0.05) is 0 Å². The maximum absolute atomic E-state index is 9.34. The molecule has 116 valence electrons. The summed E-state index contributed by atoms with van der Waals surface area (Å²) in [5.74, 6) is 0.878. The van der Waals surface area contributed by atoms with Gasteiger partial charge in [0.25, 0.3) is 0 Å². The van der Waals surface area contributed by atoms with Crippen LogP contribution in [0.1, 0.15) is 39.0 Å². The van der Waals surface area contributed by atoms with Crippen molar-refractivity contribution in [3.8, 4) is 0 Å². The largest absolute Gasteiger partial charge is 0.396 e. The molecule has 0 aromatic heterocycles. The monoisotopic (exact) mass is 395 g/mol. The van der Waals surface area contributed by atoms with Gasteiger partial charge >= 0.3 is 0 Å². The molecule has 0 amide bonds. The first-order valence-corrected chi connectivity index (χ1v) is 7.56. The van der Waals surface area contributed by atoms with E-state index in [-0.39, 0.29) is 36.0 Å². The molecule has 6 heteroatoms. The fraction of sp³-hybridized carbons (Fsp3) is 0.929. The van der Waals surface area contributed by atoms with Gasteiger partial charge in [-0.3, -0.25) is 4.99 Å². The normalized spacial score (nSPS) is 33.7. The molecule has 3 atom stereocenters. The third-order valence-electron chi connectivity index (χ3n) is 4.64. The fourth-order valence-corrected chi connectivity index (χ4v) is 3.08. The van der Waals surface area contributed by atoms with Crippen molar-refractivity contribution in [3.63, 3.8) is 0 Å². The topological polar surface area (TPSA) is 65.9 Å². The number of aliphatic hydroxyl groups is 1. The molecular weight excluding hydrogens is 369 g/mol. The molecule has 3 aliphatic rings. The molecule has 3 rings (SSSR count). The van der Waals surface area contributed by atoms with E-state index in [9.17, 15) is 5.11 Å². The summed E-state index contributed by atoms with van der Waals surface area (Å²) in [4.78, 5) is 4.64. The lowest BCUT2D eigenvalue weighted by molar-refractivity contribution is 0.0992. The quantitative estimate of drug-likeness (QED) is 0.373. The molecule has 2 aliphatic heterocycles. The number of nitrogens with zero attached hydrogens (tertiary/aromatic N) is 1. The first-order chi connectivity index (χ1) is 9.24. The summed E-state index contributed by atoms with van der Waals surface area (Å²) in [5, 5.41) is 16.1. The van der Waals surface area contributed by atoms with E-state index in [2.05, 4.69) is 22.5 Å². The molecule has 3 fully saturated rings. The predicted molar refractivity (Wildman–Crippen MR) is 89.6 cm³/mol. The molecular formula is C14H26IN3O2. The van der Waals surface area contributed by atoms with E-state index in [1.54, 1.807) is 0 Å². The maximum atomic E-state index is 9.34. The van der Waals surface area contributed by atoms with E-state index in [0.29, 0.717) is 18.2 Å². The van der Waals surface area contributed by atoms with Crippen LogP contribution in [0.4, 0.5) is 0 Å². The first-order valence-electron chi connectivity index (χ1n) is 7.56. The summed E-state index contributed by atoms with van der Waals surface area (Å²) in [6, 6.07) is 0.404. The molecule has 0 radical (unpaired) electrons. The molecule has 3 unspecified atom stereocenters. The van der Waals surface area contributed by atoms with Crippen LogP contribution in [0, 0.1) is 5.41 Å². The minimum atomic E-state index is 0. The summed E-state index contributed by atoms with van der Waals surface area (Å²) in [6.45, 7) is 3.92. The number of nitrogens with one attached hydrogen (secondary N) is 2. The summed E-state index contributed by atoms with van der Waals surface area (Å²) in [6.07, 6.45) is 6.50. The van der Waals surface area contributed by atoms with Crippen molar-refractivity contribution < 1.29 is 9.84 Å². The van der Waals surface area contributed by atoms with Gasteiger partial charge in [0.1, 0.15) is 0 Å². The Morgan fingerprint density at radius 1 is 1.40 bits per heavy atom. The number of rotatable bonds is 5. The van der Waals surface area contributed by atoms with E-state index in [0.717, 1.165) is 38.3 Å². The van der Waals surface area contributed by atoms with Crippen LogP contribution in [-0.4, -0.2) is 49.0 Å². The van der Waals surface area contributed by atoms with Crippen LogP contribution in [0.15, 0.2) is 4.99 Å². The van der Waals surface area contributed by atoms with Crippen LogP contribution in [0.3, 0.4) is 0 Å². The summed E-state index contributed by atoms with van der Waals surface area (Å²) >= 11 is 0. The highest BCUT2D eigenvalue weighted by Crippen LogP contribution is 2.45. The van der Waals surface area contributed by atoms with Gasteiger partial charge in [0.05, 0.1) is 31.4 Å². The Morgan fingerprint density at radius 2 is 2.20 bits per heavy atom. The zero-order chi connectivity index (χ0) is 13.3. The van der Waals surface area contributed by atoms with Crippen molar-refractivity contribution in [1.29, 1.82) is 0 Å². The Balaban J connectivity index is 0.00000147. The summed E-state index contributed by atoms with van der Waals surface area (Å²) < 4.78 is 5.86. The lowest BCUT2D eigenvalue weighted by Crippen LogP contribution is -2.47. The van der Waals surface area contributed by atoms with E-state index >= 15 is 0 Å². The van der Waals surface area contributed by atoms with Gasteiger partial charge in [-0.2, -0.15) is 0 Å². The van der Waals surface area contributed by atoms with Crippen molar-refractivity contribution in [1.82, 2.24) is 10.6 Å². The lowest BCUT2D eigenvalue weighted by atomic mass is 9.96. The molecule has 2 bridgehead atoms. The van der Waals surface area contributed by atoms with Crippen molar-refractivity contribution in [2.75, 3.05) is 19.7 Å². The van der Waals surface area contributed by atoms with Gasteiger partial charge in [-0.05, 0) is 39.0 Å². The van der Waals surface area contributed by atoms with E-state index in [1.807, 2.05) is 0 Å². The van der Waals surface area contributed by atoms with Gasteiger partial charge in [-0.25, -0.2) is 0 Å². The summed E-state index contributed by atoms with van der Waals surface area (Å²) in [5.41, 5.74) is 0.0769. The van der Waals surface area contributed by atoms with Crippen molar-refractivity contribution in [2.24, 2.45) is 10.4 Å².